The largest absolute Gasteiger partial charge is 0.416 e. The highest BCUT2D eigenvalue weighted by molar-refractivity contribution is 6.00. The summed E-state index contributed by atoms with van der Waals surface area (Å²) in [7, 11) is 0. The van der Waals surface area contributed by atoms with Crippen molar-refractivity contribution in [3.63, 3.8) is 0 Å². The number of halogens is 3. The van der Waals surface area contributed by atoms with Crippen molar-refractivity contribution < 1.29 is 13.2 Å². The lowest BCUT2D eigenvalue weighted by atomic mass is 10.0. The molecule has 0 atom stereocenters. The SMILES string of the molecule is Cc1ccc(-c2nnc(N3CCN(c4cccc(C(F)(F)F)c4)CC3)c3ccccc23)cc1C. The van der Waals surface area contributed by atoms with Crippen LogP contribution in [0.15, 0.2) is 66.7 Å². The van der Waals surface area contributed by atoms with E-state index in [-0.39, 0.29) is 0 Å². The summed E-state index contributed by atoms with van der Waals surface area (Å²) < 4.78 is 39.4. The second-order valence-corrected chi connectivity index (χ2v) is 8.74. The van der Waals surface area contributed by atoms with Crippen LogP contribution in [0.2, 0.25) is 0 Å². The van der Waals surface area contributed by atoms with Crippen LogP contribution >= 0.6 is 0 Å². The minimum Gasteiger partial charge on any atom is -0.368 e. The zero-order chi connectivity index (χ0) is 23.9. The van der Waals surface area contributed by atoms with Crippen LogP contribution in [0, 0.1) is 13.8 Å². The molecule has 0 amide bonds. The molecule has 4 aromatic rings. The van der Waals surface area contributed by atoms with Gasteiger partial charge in [0, 0.05) is 48.2 Å². The van der Waals surface area contributed by atoms with Crippen LogP contribution in [0.4, 0.5) is 24.7 Å². The average Bonchev–Trinajstić information content (AvgIpc) is 2.85. The van der Waals surface area contributed by atoms with Gasteiger partial charge in [0.2, 0.25) is 0 Å². The quantitative estimate of drug-likeness (QED) is 0.360. The number of anilines is 2. The number of alkyl halides is 3. The Kier molecular flexibility index (Phi) is 5.63. The molecule has 0 spiro atoms. The summed E-state index contributed by atoms with van der Waals surface area (Å²) >= 11 is 0. The summed E-state index contributed by atoms with van der Waals surface area (Å²) in [6.45, 7) is 6.69. The number of benzene rings is 3. The van der Waals surface area contributed by atoms with Crippen LogP contribution in [-0.2, 0) is 6.18 Å². The highest BCUT2D eigenvalue weighted by atomic mass is 19.4. The van der Waals surface area contributed by atoms with Gasteiger partial charge in [0.05, 0.1) is 5.56 Å². The van der Waals surface area contributed by atoms with Gasteiger partial charge in [0.1, 0.15) is 5.69 Å². The third kappa shape index (κ3) is 4.18. The van der Waals surface area contributed by atoms with E-state index < -0.39 is 11.7 Å². The van der Waals surface area contributed by atoms with E-state index in [1.54, 1.807) is 6.07 Å². The van der Waals surface area contributed by atoms with Gasteiger partial charge >= 0.3 is 6.18 Å². The number of nitrogens with zero attached hydrogens (tertiary/aromatic N) is 4. The van der Waals surface area contributed by atoms with Crippen LogP contribution < -0.4 is 9.80 Å². The number of piperazine rings is 1. The Hall–Kier alpha value is -3.61. The van der Waals surface area contributed by atoms with E-state index in [1.807, 2.05) is 17.0 Å². The first-order valence-corrected chi connectivity index (χ1v) is 11.3. The van der Waals surface area contributed by atoms with Gasteiger partial charge in [-0.25, -0.2) is 0 Å². The summed E-state index contributed by atoms with van der Waals surface area (Å²) in [5.41, 5.74) is 4.30. The zero-order valence-electron chi connectivity index (χ0n) is 19.1. The molecule has 0 aliphatic carbocycles. The molecule has 174 valence electrons. The summed E-state index contributed by atoms with van der Waals surface area (Å²) in [4.78, 5) is 4.16. The van der Waals surface area contributed by atoms with E-state index in [2.05, 4.69) is 59.3 Å². The van der Waals surface area contributed by atoms with Gasteiger partial charge in [-0.1, -0.05) is 42.5 Å². The van der Waals surface area contributed by atoms with E-state index >= 15 is 0 Å². The van der Waals surface area contributed by atoms with Gasteiger partial charge in [-0.3, -0.25) is 0 Å². The van der Waals surface area contributed by atoms with Crippen molar-refractivity contribution in [1.29, 1.82) is 0 Å². The molecular formula is C27H25F3N4. The van der Waals surface area contributed by atoms with Crippen molar-refractivity contribution >= 4 is 22.3 Å². The Morgan fingerprint density at radius 2 is 1.41 bits per heavy atom. The van der Waals surface area contributed by atoms with E-state index in [9.17, 15) is 13.2 Å². The topological polar surface area (TPSA) is 32.3 Å². The highest BCUT2D eigenvalue weighted by Gasteiger charge is 2.31. The van der Waals surface area contributed by atoms with Gasteiger partial charge in [0.25, 0.3) is 0 Å². The molecule has 0 bridgehead atoms. The first-order valence-electron chi connectivity index (χ1n) is 11.3. The van der Waals surface area contributed by atoms with Crippen molar-refractivity contribution in [2.24, 2.45) is 0 Å². The lowest BCUT2D eigenvalue weighted by Gasteiger charge is -2.37. The number of aromatic nitrogens is 2. The van der Waals surface area contributed by atoms with Crippen LogP contribution in [0.1, 0.15) is 16.7 Å². The molecule has 1 aromatic heterocycles. The standard InChI is InChI=1S/C27H25F3N4/c1-18-10-11-20(16-19(18)2)25-23-8-3-4-9-24(23)26(32-31-25)34-14-12-33(13-15-34)22-7-5-6-21(17-22)27(28,29)30/h3-11,16-17H,12-15H2,1-2H3. The first-order chi connectivity index (χ1) is 16.3. The molecule has 5 rings (SSSR count). The van der Waals surface area contributed by atoms with Gasteiger partial charge in [-0.15, -0.1) is 10.2 Å². The fourth-order valence-electron chi connectivity index (χ4n) is 4.48. The maximum Gasteiger partial charge on any atom is 0.416 e. The molecule has 34 heavy (non-hydrogen) atoms. The predicted molar refractivity (Wildman–Crippen MR) is 130 cm³/mol. The Labute approximate surface area is 196 Å². The molecule has 1 fully saturated rings. The van der Waals surface area contributed by atoms with Gasteiger partial charge in [-0.2, -0.15) is 13.2 Å². The van der Waals surface area contributed by atoms with Gasteiger partial charge in [-0.05, 0) is 49.2 Å². The molecule has 0 unspecified atom stereocenters. The van der Waals surface area contributed by atoms with E-state index in [0.717, 1.165) is 33.9 Å². The van der Waals surface area contributed by atoms with Crippen molar-refractivity contribution in [3.8, 4) is 11.3 Å². The smallest absolute Gasteiger partial charge is 0.368 e. The Morgan fingerprint density at radius 1 is 0.706 bits per heavy atom. The maximum absolute atomic E-state index is 13.1. The molecule has 0 saturated carbocycles. The molecule has 7 heteroatoms. The lowest BCUT2D eigenvalue weighted by molar-refractivity contribution is -0.137. The maximum atomic E-state index is 13.1. The number of aryl methyl sites for hydroxylation is 2. The van der Waals surface area contributed by atoms with Crippen molar-refractivity contribution in [2.75, 3.05) is 36.0 Å². The summed E-state index contributed by atoms with van der Waals surface area (Å²) in [5.74, 6) is 0.812. The highest BCUT2D eigenvalue weighted by Crippen LogP contribution is 2.34. The molecule has 3 aromatic carbocycles. The Morgan fingerprint density at radius 3 is 2.12 bits per heavy atom. The number of hydrogen-bond acceptors (Lipinski definition) is 4. The third-order valence-electron chi connectivity index (χ3n) is 6.57. The van der Waals surface area contributed by atoms with Crippen LogP contribution in [0.5, 0.6) is 0 Å². The predicted octanol–water partition coefficient (Wildman–Crippen LogP) is 6.26. The van der Waals surface area contributed by atoms with Crippen molar-refractivity contribution in [2.45, 2.75) is 20.0 Å². The minimum absolute atomic E-state index is 0.593. The fourth-order valence-corrected chi connectivity index (χ4v) is 4.48. The second kappa shape index (κ2) is 8.63. The molecule has 1 saturated heterocycles. The summed E-state index contributed by atoms with van der Waals surface area (Å²) in [5, 5.41) is 11.3. The molecule has 1 aliphatic rings. The molecule has 4 nitrogen and oxygen atoms in total. The number of fused-ring (bicyclic) bond motifs is 1. The molecule has 0 radical (unpaired) electrons. The second-order valence-electron chi connectivity index (χ2n) is 8.74. The normalized spacial score (nSPS) is 14.6. The summed E-state index contributed by atoms with van der Waals surface area (Å²) in [6.07, 6.45) is -4.34. The van der Waals surface area contributed by atoms with Gasteiger partial charge in [0.15, 0.2) is 5.82 Å². The van der Waals surface area contributed by atoms with E-state index in [0.29, 0.717) is 31.9 Å². The Bertz CT molecular complexity index is 1340. The zero-order valence-corrected chi connectivity index (χ0v) is 19.1. The first kappa shape index (κ1) is 22.2. The molecule has 2 heterocycles. The van der Waals surface area contributed by atoms with Gasteiger partial charge < -0.3 is 9.80 Å². The molecule has 0 N–H and O–H groups in total. The molecular weight excluding hydrogens is 437 g/mol. The van der Waals surface area contributed by atoms with Crippen molar-refractivity contribution in [1.82, 2.24) is 10.2 Å². The number of rotatable bonds is 3. The average molecular weight is 463 g/mol. The molecule has 1 aliphatic heterocycles. The third-order valence-corrected chi connectivity index (χ3v) is 6.57. The van der Waals surface area contributed by atoms with Crippen LogP contribution in [0.3, 0.4) is 0 Å². The monoisotopic (exact) mass is 462 g/mol. The van der Waals surface area contributed by atoms with Crippen LogP contribution in [-0.4, -0.2) is 36.4 Å². The Balaban J connectivity index is 1.42. The fraction of sp³-hybridized carbons (Fsp3) is 0.259. The van der Waals surface area contributed by atoms with E-state index in [4.69, 9.17) is 0 Å². The summed E-state index contributed by atoms with van der Waals surface area (Å²) in [6, 6.07) is 20.0. The van der Waals surface area contributed by atoms with Crippen molar-refractivity contribution in [3.05, 3.63) is 83.4 Å². The van der Waals surface area contributed by atoms with E-state index in [1.165, 1.54) is 23.3 Å². The minimum atomic E-state index is -4.34. The number of hydrogen-bond donors (Lipinski definition) is 0. The van der Waals surface area contributed by atoms with Crippen LogP contribution in [0.25, 0.3) is 22.0 Å². The lowest BCUT2D eigenvalue weighted by Crippen LogP contribution is -2.47.